The molecule has 0 bridgehead atoms. The summed E-state index contributed by atoms with van der Waals surface area (Å²) < 4.78 is 0. The molecule has 1 spiro atoms. The molecule has 0 radical (unpaired) electrons. The Morgan fingerprint density at radius 2 is 2.13 bits per heavy atom. The van der Waals surface area contributed by atoms with Crippen molar-refractivity contribution in [2.24, 2.45) is 0 Å². The highest BCUT2D eigenvalue weighted by Crippen LogP contribution is 2.37. The molecule has 2 saturated heterocycles. The fraction of sp³-hybridized carbons (Fsp3) is 0.900. The zero-order chi connectivity index (χ0) is 10.9. The Labute approximate surface area is 89.3 Å². The SMILES string of the molecule is O=C(O)N1CCC[C@]12CCN(CCO)C2. The van der Waals surface area contributed by atoms with Crippen molar-refractivity contribution in [2.45, 2.75) is 24.8 Å². The van der Waals surface area contributed by atoms with Gasteiger partial charge in [0.2, 0.25) is 0 Å². The second-order valence-corrected chi connectivity index (χ2v) is 4.51. The van der Waals surface area contributed by atoms with Crippen LogP contribution >= 0.6 is 0 Å². The minimum absolute atomic E-state index is 0.152. The quantitative estimate of drug-likeness (QED) is 0.689. The van der Waals surface area contributed by atoms with E-state index in [9.17, 15) is 4.79 Å². The van der Waals surface area contributed by atoms with Crippen LogP contribution in [0.1, 0.15) is 19.3 Å². The van der Waals surface area contributed by atoms with Gasteiger partial charge in [0, 0.05) is 26.2 Å². The van der Waals surface area contributed by atoms with E-state index in [1.807, 2.05) is 0 Å². The molecule has 0 unspecified atom stereocenters. The standard InChI is InChI=1S/C10H18N2O3/c13-7-6-11-5-3-10(8-11)2-1-4-12(10)9(14)15/h13H,1-8H2,(H,14,15)/t10-/m1/s1. The van der Waals surface area contributed by atoms with Crippen molar-refractivity contribution < 1.29 is 15.0 Å². The number of nitrogens with zero attached hydrogens (tertiary/aromatic N) is 2. The molecule has 15 heavy (non-hydrogen) atoms. The van der Waals surface area contributed by atoms with Crippen LogP contribution in [0.15, 0.2) is 0 Å². The largest absolute Gasteiger partial charge is 0.465 e. The van der Waals surface area contributed by atoms with Crippen molar-refractivity contribution >= 4 is 6.09 Å². The number of aliphatic hydroxyl groups is 1. The van der Waals surface area contributed by atoms with Crippen LogP contribution in [0, 0.1) is 0 Å². The van der Waals surface area contributed by atoms with Crippen LogP contribution in [0.4, 0.5) is 4.79 Å². The maximum absolute atomic E-state index is 11.1. The Bertz CT molecular complexity index is 259. The molecular weight excluding hydrogens is 196 g/mol. The van der Waals surface area contributed by atoms with Crippen LogP contribution in [0.25, 0.3) is 0 Å². The molecule has 0 aromatic heterocycles. The molecule has 2 aliphatic heterocycles. The first-order valence-corrected chi connectivity index (χ1v) is 5.52. The van der Waals surface area contributed by atoms with Crippen molar-refractivity contribution in [1.82, 2.24) is 9.80 Å². The van der Waals surface area contributed by atoms with E-state index in [2.05, 4.69) is 4.90 Å². The molecule has 1 atom stereocenters. The number of carbonyl (C=O) groups is 1. The molecule has 0 aromatic carbocycles. The van der Waals surface area contributed by atoms with Gasteiger partial charge in [0.15, 0.2) is 0 Å². The number of hydrogen-bond donors (Lipinski definition) is 2. The third kappa shape index (κ3) is 1.81. The molecule has 1 amide bonds. The van der Waals surface area contributed by atoms with E-state index in [-0.39, 0.29) is 12.1 Å². The summed E-state index contributed by atoms with van der Waals surface area (Å²) in [5.41, 5.74) is -0.152. The highest BCUT2D eigenvalue weighted by molar-refractivity contribution is 5.66. The first-order valence-electron chi connectivity index (χ1n) is 5.52. The van der Waals surface area contributed by atoms with Gasteiger partial charge in [0.1, 0.15) is 0 Å². The van der Waals surface area contributed by atoms with E-state index in [1.54, 1.807) is 4.90 Å². The number of likely N-dealkylation sites (tertiary alicyclic amines) is 2. The lowest BCUT2D eigenvalue weighted by atomic mass is 9.95. The third-order valence-electron chi connectivity index (χ3n) is 3.65. The van der Waals surface area contributed by atoms with Gasteiger partial charge in [0.25, 0.3) is 0 Å². The molecule has 5 nitrogen and oxygen atoms in total. The van der Waals surface area contributed by atoms with E-state index in [0.29, 0.717) is 13.1 Å². The maximum Gasteiger partial charge on any atom is 0.407 e. The zero-order valence-corrected chi connectivity index (χ0v) is 8.85. The van der Waals surface area contributed by atoms with Crippen LogP contribution in [0.3, 0.4) is 0 Å². The van der Waals surface area contributed by atoms with E-state index in [4.69, 9.17) is 10.2 Å². The highest BCUT2D eigenvalue weighted by atomic mass is 16.4. The van der Waals surface area contributed by atoms with Crippen molar-refractivity contribution in [2.75, 3.05) is 32.8 Å². The van der Waals surface area contributed by atoms with Crippen molar-refractivity contribution in [3.8, 4) is 0 Å². The van der Waals surface area contributed by atoms with Crippen LogP contribution in [-0.2, 0) is 0 Å². The second-order valence-electron chi connectivity index (χ2n) is 4.51. The van der Waals surface area contributed by atoms with Gasteiger partial charge < -0.3 is 15.1 Å². The van der Waals surface area contributed by atoms with E-state index >= 15 is 0 Å². The Balaban J connectivity index is 2.04. The van der Waals surface area contributed by atoms with Gasteiger partial charge in [-0.25, -0.2) is 4.79 Å². The van der Waals surface area contributed by atoms with Gasteiger partial charge in [-0.1, -0.05) is 0 Å². The number of amides is 1. The summed E-state index contributed by atoms with van der Waals surface area (Å²) in [4.78, 5) is 14.8. The Kier molecular flexibility index (Phi) is 2.84. The molecule has 0 aliphatic carbocycles. The predicted molar refractivity (Wildman–Crippen MR) is 54.8 cm³/mol. The Hall–Kier alpha value is -0.810. The summed E-state index contributed by atoms with van der Waals surface area (Å²) in [6.07, 6.45) is 2.07. The maximum atomic E-state index is 11.1. The molecule has 86 valence electrons. The number of carboxylic acid groups (broad SMARTS) is 1. The van der Waals surface area contributed by atoms with Gasteiger partial charge in [0.05, 0.1) is 12.1 Å². The van der Waals surface area contributed by atoms with Crippen molar-refractivity contribution in [3.05, 3.63) is 0 Å². The smallest absolute Gasteiger partial charge is 0.407 e. The average molecular weight is 214 g/mol. The lowest BCUT2D eigenvalue weighted by molar-refractivity contribution is 0.102. The normalized spacial score (nSPS) is 31.7. The number of aliphatic hydroxyl groups excluding tert-OH is 1. The molecular formula is C10H18N2O3. The molecule has 2 heterocycles. The van der Waals surface area contributed by atoms with E-state index in [1.165, 1.54) is 0 Å². The van der Waals surface area contributed by atoms with Gasteiger partial charge >= 0.3 is 6.09 Å². The first kappa shape index (κ1) is 10.7. The van der Waals surface area contributed by atoms with E-state index in [0.717, 1.165) is 32.4 Å². The van der Waals surface area contributed by atoms with Gasteiger partial charge in [-0.2, -0.15) is 0 Å². The summed E-state index contributed by atoms with van der Waals surface area (Å²) in [5.74, 6) is 0. The first-order chi connectivity index (χ1) is 7.18. The summed E-state index contributed by atoms with van der Waals surface area (Å²) in [5, 5.41) is 18.0. The van der Waals surface area contributed by atoms with Crippen molar-refractivity contribution in [1.29, 1.82) is 0 Å². The zero-order valence-electron chi connectivity index (χ0n) is 8.85. The Morgan fingerprint density at radius 1 is 1.33 bits per heavy atom. The summed E-state index contributed by atoms with van der Waals surface area (Å²) in [6, 6.07) is 0. The number of rotatable bonds is 2. The second kappa shape index (κ2) is 3.98. The third-order valence-corrected chi connectivity index (χ3v) is 3.65. The monoisotopic (exact) mass is 214 g/mol. The summed E-state index contributed by atoms with van der Waals surface area (Å²) >= 11 is 0. The lowest BCUT2D eigenvalue weighted by Crippen LogP contribution is -2.48. The molecule has 5 heteroatoms. The van der Waals surface area contributed by atoms with Crippen LogP contribution in [0.2, 0.25) is 0 Å². The fourth-order valence-electron chi connectivity index (χ4n) is 2.93. The van der Waals surface area contributed by atoms with Crippen LogP contribution < -0.4 is 0 Å². The van der Waals surface area contributed by atoms with Crippen molar-refractivity contribution in [3.63, 3.8) is 0 Å². The summed E-state index contributed by atoms with van der Waals surface area (Å²) in [6.45, 7) is 3.19. The Morgan fingerprint density at radius 3 is 2.80 bits per heavy atom. The minimum atomic E-state index is -0.793. The molecule has 2 N–H and O–H groups in total. The molecule has 2 fully saturated rings. The molecule has 0 saturated carbocycles. The number of β-amino-alcohol motifs (C(OH)–C–C–N with tert-alkyl or cyclic N) is 1. The average Bonchev–Trinajstić information content (AvgIpc) is 2.76. The van der Waals surface area contributed by atoms with E-state index < -0.39 is 6.09 Å². The predicted octanol–water partition coefficient (Wildman–Crippen LogP) is 0.197. The minimum Gasteiger partial charge on any atom is -0.465 e. The molecule has 0 aromatic rings. The van der Waals surface area contributed by atoms with Gasteiger partial charge in [-0.3, -0.25) is 4.90 Å². The highest BCUT2D eigenvalue weighted by Gasteiger charge is 2.47. The lowest BCUT2D eigenvalue weighted by Gasteiger charge is -2.32. The fourth-order valence-corrected chi connectivity index (χ4v) is 2.93. The van der Waals surface area contributed by atoms with Crippen LogP contribution in [-0.4, -0.2) is 64.4 Å². The van der Waals surface area contributed by atoms with Gasteiger partial charge in [-0.15, -0.1) is 0 Å². The summed E-state index contributed by atoms with van der Waals surface area (Å²) in [7, 11) is 0. The van der Waals surface area contributed by atoms with Gasteiger partial charge in [-0.05, 0) is 19.3 Å². The molecule has 2 aliphatic rings. The molecule has 2 rings (SSSR count). The van der Waals surface area contributed by atoms with Crippen LogP contribution in [0.5, 0.6) is 0 Å². The number of hydrogen-bond acceptors (Lipinski definition) is 3. The topological polar surface area (TPSA) is 64.0 Å².